The lowest BCUT2D eigenvalue weighted by atomic mass is 9.92. The first kappa shape index (κ1) is 49.6. The Morgan fingerprint density at radius 1 is 0.971 bits per heavy atom. The number of aryl methyl sites for hydroxylation is 3. The van der Waals surface area contributed by atoms with Crippen molar-refractivity contribution in [2.24, 2.45) is 7.05 Å². The summed E-state index contributed by atoms with van der Waals surface area (Å²) < 4.78 is 33.2. The number of unbranched alkanes of at least 4 members (excludes halogenated alkanes) is 3. The Balaban J connectivity index is 0.800. The van der Waals surface area contributed by atoms with Crippen molar-refractivity contribution in [1.82, 2.24) is 39.7 Å². The van der Waals surface area contributed by atoms with Crippen LogP contribution in [0.2, 0.25) is 0 Å². The third kappa shape index (κ3) is 11.4. The molecule has 22 heteroatoms. The molecular weight excluding hydrogens is 925 g/mol. The summed E-state index contributed by atoms with van der Waals surface area (Å²) in [7, 11) is 1.77. The first-order chi connectivity index (χ1) is 33.6. The van der Waals surface area contributed by atoms with Gasteiger partial charge in [0.15, 0.2) is 10.9 Å². The summed E-state index contributed by atoms with van der Waals surface area (Å²) in [5.41, 5.74) is 6.22. The van der Waals surface area contributed by atoms with Crippen LogP contribution >= 0.6 is 11.3 Å². The first-order valence-electron chi connectivity index (χ1n) is 23.8. The molecule has 70 heavy (non-hydrogen) atoms. The number of aromatic nitrogens is 5. The van der Waals surface area contributed by atoms with E-state index in [1.807, 2.05) is 11.0 Å². The van der Waals surface area contributed by atoms with Gasteiger partial charge in [-0.05, 0) is 98.2 Å². The highest BCUT2D eigenvalue weighted by Gasteiger charge is 2.35. The summed E-state index contributed by atoms with van der Waals surface area (Å²) in [4.78, 5) is 71.5. The standard InChI is InChI=1S/C48H59F2N13O6S/c1-29-47(63(68)69)70-48(54-29)56-46(67)36-12-11-34(23-40(36)55-30(2)64)51-16-7-5-6-8-17-52-43(66)28-59-19-13-35(14-20-59)62-41-15-21-60(31(3)65)27-39(41)45(57-62)61-18-9-10-32-22-37(33-25-53-58(4)26-33)38(44(49)50)24-42(32)61/h11-12,22-26,35,44,51H,5-10,13-21,27-28H2,1-4H3,(H,52,66)(H,55,64)(H,54,56,67). The van der Waals surface area contributed by atoms with Gasteiger partial charge in [-0.1, -0.05) is 12.8 Å². The number of alkyl halides is 2. The maximum atomic E-state index is 14.7. The van der Waals surface area contributed by atoms with Crippen LogP contribution < -0.4 is 26.2 Å². The van der Waals surface area contributed by atoms with E-state index in [2.05, 4.69) is 45.8 Å². The lowest BCUT2D eigenvalue weighted by Crippen LogP contribution is -2.42. The Morgan fingerprint density at radius 2 is 1.74 bits per heavy atom. The third-order valence-corrected chi connectivity index (χ3v) is 14.2. The number of benzene rings is 2. The van der Waals surface area contributed by atoms with Crippen LogP contribution in [0.25, 0.3) is 11.1 Å². The highest BCUT2D eigenvalue weighted by molar-refractivity contribution is 7.19. The number of amides is 4. The lowest BCUT2D eigenvalue weighted by molar-refractivity contribution is -0.380. The second-order valence-corrected chi connectivity index (χ2v) is 19.1. The summed E-state index contributed by atoms with van der Waals surface area (Å²) in [6.45, 7) is 8.98. The Bertz CT molecular complexity index is 2760. The van der Waals surface area contributed by atoms with Crippen LogP contribution in [0.5, 0.6) is 0 Å². The quantitative estimate of drug-likeness (QED) is 0.0381. The number of piperidine rings is 1. The topological polar surface area (TPSA) is 218 Å². The van der Waals surface area contributed by atoms with Crippen LogP contribution in [-0.4, -0.2) is 109 Å². The van der Waals surface area contributed by atoms with Gasteiger partial charge in [-0.25, -0.2) is 13.8 Å². The molecule has 2 aromatic carbocycles. The second kappa shape index (κ2) is 21.9. The predicted octanol–water partition coefficient (Wildman–Crippen LogP) is 7.52. The monoisotopic (exact) mass is 983 g/mol. The number of carbonyl (C=O) groups excluding carboxylic acids is 4. The van der Waals surface area contributed by atoms with Crippen LogP contribution in [0.4, 0.5) is 41.8 Å². The average molecular weight is 984 g/mol. The van der Waals surface area contributed by atoms with E-state index < -0.39 is 17.3 Å². The number of halogens is 2. The van der Waals surface area contributed by atoms with Crippen molar-refractivity contribution in [3.8, 4) is 11.1 Å². The van der Waals surface area contributed by atoms with Crippen LogP contribution in [0.1, 0.15) is 110 Å². The van der Waals surface area contributed by atoms with Crippen molar-refractivity contribution in [1.29, 1.82) is 0 Å². The van der Waals surface area contributed by atoms with Crippen molar-refractivity contribution in [2.45, 2.75) is 97.6 Å². The van der Waals surface area contributed by atoms with E-state index in [1.165, 1.54) is 13.8 Å². The molecule has 3 aromatic heterocycles. The van der Waals surface area contributed by atoms with Crippen LogP contribution in [0.3, 0.4) is 0 Å². The fraction of sp³-hybridized carbons (Fsp3) is 0.479. The summed E-state index contributed by atoms with van der Waals surface area (Å²) in [6.07, 6.45) is 8.02. The van der Waals surface area contributed by atoms with E-state index in [1.54, 1.807) is 55.3 Å². The van der Waals surface area contributed by atoms with Gasteiger partial charge in [-0.2, -0.15) is 10.2 Å². The number of nitrogens with zero attached hydrogens (tertiary/aromatic N) is 9. The zero-order valence-electron chi connectivity index (χ0n) is 39.9. The highest BCUT2D eigenvalue weighted by Crippen LogP contribution is 2.44. The van der Waals surface area contributed by atoms with E-state index in [0.29, 0.717) is 68.2 Å². The molecule has 19 nitrogen and oxygen atoms in total. The molecule has 3 aliphatic rings. The second-order valence-electron chi connectivity index (χ2n) is 18.2. The number of hydrogen-bond donors (Lipinski definition) is 4. The van der Waals surface area contributed by atoms with Crippen molar-refractivity contribution < 1.29 is 32.9 Å². The molecule has 4 amide bonds. The van der Waals surface area contributed by atoms with Gasteiger partial charge in [0.25, 0.3) is 12.3 Å². The molecular formula is C48H59F2N13O6S. The summed E-state index contributed by atoms with van der Waals surface area (Å²) in [6, 6.07) is 8.56. The minimum atomic E-state index is -2.69. The molecule has 372 valence electrons. The first-order valence-corrected chi connectivity index (χ1v) is 24.6. The molecule has 0 unspecified atom stereocenters. The molecule has 0 saturated carbocycles. The van der Waals surface area contributed by atoms with Crippen LogP contribution in [0, 0.1) is 17.0 Å². The molecule has 8 rings (SSSR count). The zero-order chi connectivity index (χ0) is 49.6. The number of likely N-dealkylation sites (tertiary alicyclic amines) is 1. The van der Waals surface area contributed by atoms with E-state index in [0.717, 1.165) is 104 Å². The zero-order valence-corrected chi connectivity index (χ0v) is 40.7. The van der Waals surface area contributed by atoms with E-state index in [9.17, 15) is 38.1 Å². The molecule has 5 aromatic rings. The SMILES string of the molecule is CC(=O)Nc1cc(NCCCCCCNC(=O)CN2CCC(n3nc(N4CCCc5cc(-c6cnn(C)c6)c(C(F)F)cc54)c4c3CCN(C(C)=O)C4)CC2)ccc1C(=O)Nc1nc(C)c([N+](=O)[O-])s1. The normalized spacial score (nSPS) is 15.1. The molecule has 0 bridgehead atoms. The van der Waals surface area contributed by atoms with Gasteiger partial charge in [0, 0.05) is 107 Å². The Hall–Kier alpha value is -6.81. The number of nitrogens with one attached hydrogen (secondary N) is 4. The van der Waals surface area contributed by atoms with Gasteiger partial charge >= 0.3 is 5.00 Å². The summed E-state index contributed by atoms with van der Waals surface area (Å²) in [5, 5.41) is 32.3. The molecule has 1 saturated heterocycles. The number of fused-ring (bicyclic) bond motifs is 2. The van der Waals surface area contributed by atoms with E-state index in [4.69, 9.17) is 5.10 Å². The van der Waals surface area contributed by atoms with Crippen molar-refractivity contribution >= 4 is 68.0 Å². The molecule has 3 aliphatic heterocycles. The van der Waals surface area contributed by atoms with Crippen LogP contribution in [-0.2, 0) is 40.8 Å². The van der Waals surface area contributed by atoms with Crippen molar-refractivity contribution in [2.75, 3.05) is 66.7 Å². The van der Waals surface area contributed by atoms with Gasteiger partial charge in [-0.3, -0.25) is 48.9 Å². The van der Waals surface area contributed by atoms with Crippen molar-refractivity contribution in [3.05, 3.63) is 86.5 Å². The van der Waals surface area contributed by atoms with Gasteiger partial charge in [0.1, 0.15) is 5.69 Å². The van der Waals surface area contributed by atoms with Crippen LogP contribution in [0.15, 0.2) is 42.7 Å². The largest absolute Gasteiger partial charge is 0.385 e. The van der Waals surface area contributed by atoms with Gasteiger partial charge in [-0.15, -0.1) is 0 Å². The Labute approximate surface area is 408 Å². The molecule has 0 spiro atoms. The minimum absolute atomic E-state index is 0.0156. The molecule has 1 fully saturated rings. The fourth-order valence-corrected chi connectivity index (χ4v) is 10.4. The van der Waals surface area contributed by atoms with E-state index >= 15 is 0 Å². The van der Waals surface area contributed by atoms with Crippen molar-refractivity contribution in [3.63, 3.8) is 0 Å². The Kier molecular flexibility index (Phi) is 15.5. The average Bonchev–Trinajstić information content (AvgIpc) is 4.05. The number of thiazole rings is 1. The minimum Gasteiger partial charge on any atom is -0.385 e. The maximum Gasteiger partial charge on any atom is 0.348 e. The summed E-state index contributed by atoms with van der Waals surface area (Å²) in [5.74, 6) is -0.229. The molecule has 0 atom stereocenters. The Morgan fingerprint density at radius 3 is 2.43 bits per heavy atom. The molecule has 6 heterocycles. The molecule has 4 N–H and O–H groups in total. The van der Waals surface area contributed by atoms with Gasteiger partial charge < -0.3 is 25.8 Å². The summed E-state index contributed by atoms with van der Waals surface area (Å²) >= 11 is 0.760. The predicted molar refractivity (Wildman–Crippen MR) is 263 cm³/mol. The number of hydrogen-bond acceptors (Lipinski definition) is 13. The smallest absolute Gasteiger partial charge is 0.348 e. The molecule has 0 radical (unpaired) electrons. The number of nitro groups is 1. The number of rotatable bonds is 18. The number of anilines is 5. The maximum absolute atomic E-state index is 14.7. The fourth-order valence-electron chi connectivity index (χ4n) is 9.64. The van der Waals surface area contributed by atoms with Gasteiger partial charge in [0.05, 0.1) is 41.5 Å². The third-order valence-electron chi connectivity index (χ3n) is 13.1. The molecule has 0 aliphatic carbocycles. The van der Waals surface area contributed by atoms with E-state index in [-0.39, 0.29) is 50.7 Å². The highest BCUT2D eigenvalue weighted by atomic mass is 32.1. The number of carbonyl (C=O) groups is 4. The lowest BCUT2D eigenvalue weighted by Gasteiger charge is -2.33. The van der Waals surface area contributed by atoms with Gasteiger partial charge in [0.2, 0.25) is 17.7 Å².